The van der Waals surface area contributed by atoms with Crippen molar-refractivity contribution in [3.8, 4) is 0 Å². The molecule has 17 heavy (non-hydrogen) atoms. The molecule has 94 valence electrons. The Bertz CT molecular complexity index is 374. The van der Waals surface area contributed by atoms with Crippen LogP contribution < -0.4 is 5.32 Å². The van der Waals surface area contributed by atoms with Crippen LogP contribution in [-0.2, 0) is 6.54 Å². The average Bonchev–Trinajstić information content (AvgIpc) is 2.33. The number of hydrogen-bond acceptors (Lipinski definition) is 2. The van der Waals surface area contributed by atoms with Gasteiger partial charge in [-0.3, -0.25) is 0 Å². The lowest BCUT2D eigenvalue weighted by molar-refractivity contribution is 0.233. The van der Waals surface area contributed by atoms with E-state index in [1.54, 1.807) is 12.1 Å². The van der Waals surface area contributed by atoms with Gasteiger partial charge >= 0.3 is 0 Å². The first-order chi connectivity index (χ1) is 8.16. The van der Waals surface area contributed by atoms with Gasteiger partial charge in [0, 0.05) is 18.2 Å². The molecule has 1 saturated heterocycles. The third-order valence-electron chi connectivity index (χ3n) is 3.33. The molecule has 1 aromatic carbocycles. The summed E-state index contributed by atoms with van der Waals surface area (Å²) < 4.78 is 26.4. The number of benzene rings is 1. The standard InChI is InChI=1S/C13H18F2N2/c1-17-7-5-11(6-8-17)16-9-10-3-2-4-12(14)13(10)15/h2-4,11,16H,5-9H2,1H3. The van der Waals surface area contributed by atoms with E-state index in [-0.39, 0.29) is 0 Å². The number of hydrogen-bond donors (Lipinski definition) is 1. The van der Waals surface area contributed by atoms with E-state index in [0.717, 1.165) is 32.0 Å². The van der Waals surface area contributed by atoms with Crippen molar-refractivity contribution in [2.45, 2.75) is 25.4 Å². The van der Waals surface area contributed by atoms with E-state index in [1.807, 2.05) is 0 Å². The Morgan fingerprint density at radius 3 is 2.71 bits per heavy atom. The lowest BCUT2D eigenvalue weighted by atomic mass is 10.1. The third-order valence-corrected chi connectivity index (χ3v) is 3.33. The molecule has 4 heteroatoms. The molecule has 2 rings (SSSR count). The summed E-state index contributed by atoms with van der Waals surface area (Å²) in [7, 11) is 2.10. The van der Waals surface area contributed by atoms with Crippen LogP contribution in [0.4, 0.5) is 8.78 Å². The summed E-state index contributed by atoms with van der Waals surface area (Å²) in [6, 6.07) is 4.73. The molecule has 1 aliphatic rings. The highest BCUT2D eigenvalue weighted by Crippen LogP contribution is 2.13. The number of nitrogens with one attached hydrogen (secondary N) is 1. The van der Waals surface area contributed by atoms with Crippen LogP contribution in [0.2, 0.25) is 0 Å². The summed E-state index contributed by atoms with van der Waals surface area (Å²) in [5, 5.41) is 3.29. The molecule has 0 unspecified atom stereocenters. The number of nitrogens with zero attached hydrogens (tertiary/aromatic N) is 1. The second-order valence-corrected chi connectivity index (χ2v) is 4.67. The molecule has 1 fully saturated rings. The zero-order chi connectivity index (χ0) is 12.3. The monoisotopic (exact) mass is 240 g/mol. The van der Waals surface area contributed by atoms with Gasteiger partial charge in [-0.1, -0.05) is 12.1 Å². The largest absolute Gasteiger partial charge is 0.310 e. The van der Waals surface area contributed by atoms with Crippen molar-refractivity contribution in [2.75, 3.05) is 20.1 Å². The minimum absolute atomic E-state index is 0.401. The number of halogens is 2. The van der Waals surface area contributed by atoms with Crippen LogP contribution in [0.3, 0.4) is 0 Å². The Morgan fingerprint density at radius 2 is 2.00 bits per heavy atom. The smallest absolute Gasteiger partial charge is 0.163 e. The first kappa shape index (κ1) is 12.5. The minimum atomic E-state index is -0.771. The molecule has 0 aliphatic carbocycles. The van der Waals surface area contributed by atoms with E-state index in [2.05, 4.69) is 17.3 Å². The van der Waals surface area contributed by atoms with Crippen LogP contribution in [0.25, 0.3) is 0 Å². The van der Waals surface area contributed by atoms with Gasteiger partial charge in [0.1, 0.15) is 0 Å². The van der Waals surface area contributed by atoms with Gasteiger partial charge in [-0.2, -0.15) is 0 Å². The predicted molar refractivity (Wildman–Crippen MR) is 63.7 cm³/mol. The second-order valence-electron chi connectivity index (χ2n) is 4.67. The number of rotatable bonds is 3. The maximum Gasteiger partial charge on any atom is 0.163 e. The predicted octanol–water partition coefficient (Wildman–Crippen LogP) is 2.15. The molecule has 1 aliphatic heterocycles. The molecular weight excluding hydrogens is 222 g/mol. The minimum Gasteiger partial charge on any atom is -0.310 e. The molecule has 1 heterocycles. The topological polar surface area (TPSA) is 15.3 Å². The van der Waals surface area contributed by atoms with Crippen molar-refractivity contribution in [2.24, 2.45) is 0 Å². The van der Waals surface area contributed by atoms with Gasteiger partial charge in [0.05, 0.1) is 0 Å². The molecule has 0 spiro atoms. The molecule has 0 aromatic heterocycles. The highest BCUT2D eigenvalue weighted by Gasteiger charge is 2.16. The fraction of sp³-hybridized carbons (Fsp3) is 0.538. The molecule has 0 atom stereocenters. The third kappa shape index (κ3) is 3.23. The Morgan fingerprint density at radius 1 is 1.29 bits per heavy atom. The Labute approximate surface area is 101 Å². The van der Waals surface area contributed by atoms with Crippen molar-refractivity contribution in [1.29, 1.82) is 0 Å². The van der Waals surface area contributed by atoms with Crippen LogP contribution in [0.15, 0.2) is 18.2 Å². The van der Waals surface area contributed by atoms with E-state index in [4.69, 9.17) is 0 Å². The fourth-order valence-corrected chi connectivity index (χ4v) is 2.15. The van der Waals surface area contributed by atoms with Crippen molar-refractivity contribution in [3.05, 3.63) is 35.4 Å². The van der Waals surface area contributed by atoms with Gasteiger partial charge in [-0.25, -0.2) is 8.78 Å². The van der Waals surface area contributed by atoms with E-state index < -0.39 is 11.6 Å². The van der Waals surface area contributed by atoms with Crippen LogP contribution in [0, 0.1) is 11.6 Å². The summed E-state index contributed by atoms with van der Waals surface area (Å²) in [4.78, 5) is 2.28. The zero-order valence-electron chi connectivity index (χ0n) is 10.0. The van der Waals surface area contributed by atoms with E-state index in [9.17, 15) is 8.78 Å². The van der Waals surface area contributed by atoms with Gasteiger partial charge < -0.3 is 10.2 Å². The van der Waals surface area contributed by atoms with Crippen LogP contribution in [0.5, 0.6) is 0 Å². The second kappa shape index (κ2) is 5.56. The summed E-state index contributed by atoms with van der Waals surface area (Å²) in [6.45, 7) is 2.52. The van der Waals surface area contributed by atoms with Gasteiger partial charge in [0.2, 0.25) is 0 Å². The Hall–Kier alpha value is -1.00. The van der Waals surface area contributed by atoms with Crippen molar-refractivity contribution in [1.82, 2.24) is 10.2 Å². The van der Waals surface area contributed by atoms with Gasteiger partial charge in [0.15, 0.2) is 11.6 Å². The van der Waals surface area contributed by atoms with Gasteiger partial charge in [0.25, 0.3) is 0 Å². The molecule has 0 amide bonds. The van der Waals surface area contributed by atoms with Crippen molar-refractivity contribution < 1.29 is 8.78 Å². The maximum atomic E-state index is 13.4. The van der Waals surface area contributed by atoms with Crippen LogP contribution in [-0.4, -0.2) is 31.1 Å². The Kier molecular flexibility index (Phi) is 4.07. The van der Waals surface area contributed by atoms with E-state index in [0.29, 0.717) is 18.2 Å². The van der Waals surface area contributed by atoms with E-state index >= 15 is 0 Å². The average molecular weight is 240 g/mol. The first-order valence-electron chi connectivity index (χ1n) is 6.01. The zero-order valence-corrected chi connectivity index (χ0v) is 10.0. The normalized spacial score (nSPS) is 18.5. The lowest BCUT2D eigenvalue weighted by Gasteiger charge is -2.29. The summed E-state index contributed by atoms with van der Waals surface area (Å²) in [5.41, 5.74) is 0.406. The van der Waals surface area contributed by atoms with E-state index in [1.165, 1.54) is 0 Å². The summed E-state index contributed by atoms with van der Waals surface area (Å²) in [5.74, 6) is -1.50. The molecule has 2 nitrogen and oxygen atoms in total. The molecule has 1 aromatic rings. The first-order valence-corrected chi connectivity index (χ1v) is 6.01. The summed E-state index contributed by atoms with van der Waals surface area (Å²) >= 11 is 0. The van der Waals surface area contributed by atoms with Gasteiger partial charge in [-0.15, -0.1) is 0 Å². The van der Waals surface area contributed by atoms with Crippen molar-refractivity contribution >= 4 is 0 Å². The maximum absolute atomic E-state index is 13.4. The van der Waals surface area contributed by atoms with Crippen LogP contribution in [0.1, 0.15) is 18.4 Å². The number of piperidine rings is 1. The SMILES string of the molecule is CN1CCC(NCc2cccc(F)c2F)CC1. The highest BCUT2D eigenvalue weighted by atomic mass is 19.2. The molecule has 1 N–H and O–H groups in total. The quantitative estimate of drug-likeness (QED) is 0.871. The van der Waals surface area contributed by atoms with Crippen molar-refractivity contribution in [3.63, 3.8) is 0 Å². The highest BCUT2D eigenvalue weighted by molar-refractivity contribution is 5.18. The van der Waals surface area contributed by atoms with Gasteiger partial charge in [-0.05, 0) is 39.0 Å². The Balaban J connectivity index is 1.87. The molecular formula is C13H18F2N2. The molecule has 0 radical (unpaired) electrons. The number of likely N-dealkylation sites (tertiary alicyclic amines) is 1. The lowest BCUT2D eigenvalue weighted by Crippen LogP contribution is -2.40. The van der Waals surface area contributed by atoms with Crippen LogP contribution >= 0.6 is 0 Å². The summed E-state index contributed by atoms with van der Waals surface area (Å²) in [6.07, 6.45) is 2.13. The fourth-order valence-electron chi connectivity index (χ4n) is 2.15. The molecule has 0 saturated carbocycles. The molecule has 0 bridgehead atoms.